The highest BCUT2D eigenvalue weighted by Gasteiger charge is 2.42. The zero-order chi connectivity index (χ0) is 47.4. The highest BCUT2D eigenvalue weighted by Crippen LogP contribution is 2.57. The van der Waals surface area contributed by atoms with E-state index in [0.717, 1.165) is 39.8 Å². The molecule has 11 rings (SSSR count). The molecule has 0 N–H and O–H groups in total. The number of anilines is 8. The molecule has 2 aliphatic carbocycles. The molecule has 0 bridgehead atoms. The standard InChI is InChI=1S/C66H59N3/c1-45(2)46(3)64(69(51-29-19-11-20-30-51)52-31-21-12-22-32-52)47-33-35-53(36-34-47)68(50-27-17-10-18-28-50)55-38-40-57-59-44-62-58(43-63(59)66(6,7)61(57)42-55)56-39-37-54(41-60(56)65(62,4)5)67(48-23-13-8-14-24-48)49-25-15-9-16-26-49/h8-45H,1-7H3. The summed E-state index contributed by atoms with van der Waals surface area (Å²) in [6.45, 7) is 16.5. The normalized spacial score (nSPS) is 14.0. The van der Waals surface area contributed by atoms with Crippen molar-refractivity contribution in [2.24, 2.45) is 5.92 Å². The van der Waals surface area contributed by atoms with Gasteiger partial charge < -0.3 is 14.7 Å². The van der Waals surface area contributed by atoms with Gasteiger partial charge in [0.2, 0.25) is 0 Å². The van der Waals surface area contributed by atoms with Crippen LogP contribution in [-0.2, 0) is 10.8 Å². The molecule has 0 heterocycles. The summed E-state index contributed by atoms with van der Waals surface area (Å²) < 4.78 is 0. The fourth-order valence-electron chi connectivity index (χ4n) is 11.0. The molecule has 0 spiro atoms. The molecule has 69 heavy (non-hydrogen) atoms. The Labute approximate surface area is 409 Å². The van der Waals surface area contributed by atoms with Crippen molar-refractivity contribution in [2.45, 2.75) is 59.3 Å². The first-order valence-electron chi connectivity index (χ1n) is 24.5. The van der Waals surface area contributed by atoms with Gasteiger partial charge in [-0.15, -0.1) is 0 Å². The summed E-state index contributed by atoms with van der Waals surface area (Å²) >= 11 is 0. The van der Waals surface area contributed by atoms with E-state index >= 15 is 0 Å². The molecule has 0 unspecified atom stereocenters. The summed E-state index contributed by atoms with van der Waals surface area (Å²) in [6.07, 6.45) is 0. The zero-order valence-corrected chi connectivity index (χ0v) is 40.8. The Morgan fingerprint density at radius 2 is 0.638 bits per heavy atom. The predicted octanol–water partition coefficient (Wildman–Crippen LogP) is 18.5. The first-order valence-corrected chi connectivity index (χ1v) is 24.5. The molecule has 3 nitrogen and oxygen atoms in total. The van der Waals surface area contributed by atoms with Gasteiger partial charge in [0.1, 0.15) is 0 Å². The van der Waals surface area contributed by atoms with Gasteiger partial charge in [0.15, 0.2) is 0 Å². The SMILES string of the molecule is CC(=C(c1ccc(N(c2ccccc2)c2ccc3c(c2)C(C)(C)c2cc4c(cc2-3)C(C)(C)c2cc(N(c3ccccc3)c3ccccc3)ccc2-4)cc1)N(c1ccccc1)c1ccccc1)C(C)C. The van der Waals surface area contributed by atoms with Crippen molar-refractivity contribution in [3.05, 3.63) is 258 Å². The van der Waals surface area contributed by atoms with E-state index in [1.54, 1.807) is 0 Å². The molecule has 0 aromatic heterocycles. The average molecular weight is 894 g/mol. The first kappa shape index (κ1) is 43.7. The second-order valence-electron chi connectivity index (χ2n) is 20.1. The number of rotatable bonds is 11. The van der Waals surface area contributed by atoms with Gasteiger partial charge in [-0.05, 0) is 178 Å². The Bertz CT molecular complexity index is 3260. The third-order valence-electron chi connectivity index (χ3n) is 14.9. The largest absolute Gasteiger partial charge is 0.310 e. The van der Waals surface area contributed by atoms with Crippen LogP contribution >= 0.6 is 0 Å². The molecule has 0 fully saturated rings. The van der Waals surface area contributed by atoms with Crippen LogP contribution in [0.2, 0.25) is 0 Å². The van der Waals surface area contributed by atoms with Crippen LogP contribution in [0.25, 0.3) is 28.0 Å². The van der Waals surface area contributed by atoms with Crippen molar-refractivity contribution in [3.63, 3.8) is 0 Å². The molecular weight excluding hydrogens is 835 g/mol. The summed E-state index contributed by atoms with van der Waals surface area (Å²) in [5, 5.41) is 0. The van der Waals surface area contributed by atoms with E-state index in [1.165, 1.54) is 67.0 Å². The van der Waals surface area contributed by atoms with Crippen molar-refractivity contribution in [2.75, 3.05) is 14.7 Å². The number of benzene rings is 9. The Morgan fingerprint density at radius 3 is 0.986 bits per heavy atom. The fourth-order valence-corrected chi connectivity index (χ4v) is 11.0. The summed E-state index contributed by atoms with van der Waals surface area (Å²) in [4.78, 5) is 7.20. The minimum atomic E-state index is -0.224. The lowest BCUT2D eigenvalue weighted by molar-refractivity contribution is 0.652. The van der Waals surface area contributed by atoms with Crippen LogP contribution in [0.3, 0.4) is 0 Å². The van der Waals surface area contributed by atoms with E-state index in [2.05, 4.69) is 288 Å². The summed E-state index contributed by atoms with van der Waals surface area (Å²) in [6, 6.07) is 82.2. The molecule has 0 aliphatic heterocycles. The number of fused-ring (bicyclic) bond motifs is 6. The molecule has 0 saturated heterocycles. The minimum absolute atomic E-state index is 0.195. The van der Waals surface area contributed by atoms with Crippen LogP contribution < -0.4 is 14.7 Å². The monoisotopic (exact) mass is 893 g/mol. The third-order valence-corrected chi connectivity index (χ3v) is 14.9. The molecule has 9 aromatic carbocycles. The van der Waals surface area contributed by atoms with Crippen molar-refractivity contribution in [1.29, 1.82) is 0 Å². The highest BCUT2D eigenvalue weighted by atomic mass is 15.2. The fraction of sp³-hybridized carbons (Fsp3) is 0.152. The van der Waals surface area contributed by atoms with Gasteiger partial charge in [0.25, 0.3) is 0 Å². The van der Waals surface area contributed by atoms with E-state index in [-0.39, 0.29) is 10.8 Å². The molecule has 0 atom stereocenters. The minimum Gasteiger partial charge on any atom is -0.310 e. The van der Waals surface area contributed by atoms with Crippen molar-refractivity contribution in [1.82, 2.24) is 0 Å². The van der Waals surface area contributed by atoms with Gasteiger partial charge >= 0.3 is 0 Å². The van der Waals surface area contributed by atoms with Gasteiger partial charge in [0, 0.05) is 56.3 Å². The number of nitrogens with zero attached hydrogens (tertiary/aromatic N) is 3. The Morgan fingerprint density at radius 1 is 0.333 bits per heavy atom. The maximum Gasteiger partial charge on any atom is 0.0525 e. The maximum atomic E-state index is 2.52. The molecule has 0 radical (unpaired) electrons. The predicted molar refractivity (Wildman–Crippen MR) is 293 cm³/mol. The van der Waals surface area contributed by atoms with Gasteiger partial charge in [0.05, 0.1) is 5.70 Å². The summed E-state index contributed by atoms with van der Waals surface area (Å²) in [5.74, 6) is 0.347. The Kier molecular flexibility index (Phi) is 11.0. The second-order valence-corrected chi connectivity index (χ2v) is 20.1. The lowest BCUT2D eigenvalue weighted by atomic mass is 9.79. The zero-order valence-electron chi connectivity index (χ0n) is 40.8. The van der Waals surface area contributed by atoms with Crippen LogP contribution in [0, 0.1) is 5.92 Å². The van der Waals surface area contributed by atoms with Gasteiger partial charge in [-0.1, -0.05) is 157 Å². The topological polar surface area (TPSA) is 9.72 Å². The van der Waals surface area contributed by atoms with Crippen LogP contribution in [0.4, 0.5) is 45.5 Å². The molecular formula is C66H59N3. The first-order chi connectivity index (χ1) is 33.5. The van der Waals surface area contributed by atoms with E-state index in [9.17, 15) is 0 Å². The second kappa shape index (κ2) is 17.3. The van der Waals surface area contributed by atoms with E-state index < -0.39 is 0 Å². The lowest BCUT2D eigenvalue weighted by Crippen LogP contribution is -2.19. The number of hydrogen-bond acceptors (Lipinski definition) is 3. The van der Waals surface area contributed by atoms with Crippen molar-refractivity contribution in [3.8, 4) is 22.3 Å². The molecule has 0 saturated carbocycles. The van der Waals surface area contributed by atoms with Crippen LogP contribution in [0.15, 0.2) is 230 Å². The highest BCUT2D eigenvalue weighted by molar-refractivity contribution is 5.94. The van der Waals surface area contributed by atoms with E-state index in [0.29, 0.717) is 5.92 Å². The lowest BCUT2D eigenvalue weighted by Gasteiger charge is -2.32. The van der Waals surface area contributed by atoms with Crippen LogP contribution in [-0.4, -0.2) is 0 Å². The van der Waals surface area contributed by atoms with Gasteiger partial charge in [-0.3, -0.25) is 0 Å². The van der Waals surface area contributed by atoms with Crippen LogP contribution in [0.1, 0.15) is 76.3 Å². The number of hydrogen-bond donors (Lipinski definition) is 0. The number of allylic oxidation sites excluding steroid dienone is 1. The Hall–Kier alpha value is -7.88. The molecule has 3 heteroatoms. The van der Waals surface area contributed by atoms with Gasteiger partial charge in [-0.25, -0.2) is 0 Å². The molecule has 0 amide bonds. The maximum absolute atomic E-state index is 2.52. The summed E-state index contributed by atoms with van der Waals surface area (Å²) in [7, 11) is 0. The summed E-state index contributed by atoms with van der Waals surface area (Å²) in [5.41, 5.74) is 23.2. The van der Waals surface area contributed by atoms with Crippen molar-refractivity contribution < 1.29 is 0 Å². The quantitative estimate of drug-likeness (QED) is 0.128. The molecule has 338 valence electrons. The molecule has 9 aromatic rings. The van der Waals surface area contributed by atoms with Crippen molar-refractivity contribution >= 4 is 51.2 Å². The molecule has 2 aliphatic rings. The Balaban J connectivity index is 0.972. The van der Waals surface area contributed by atoms with Crippen LogP contribution in [0.5, 0.6) is 0 Å². The average Bonchev–Trinajstić information content (AvgIpc) is 3.74. The third kappa shape index (κ3) is 7.54. The van der Waals surface area contributed by atoms with E-state index in [1.807, 2.05) is 0 Å². The van der Waals surface area contributed by atoms with E-state index in [4.69, 9.17) is 0 Å². The smallest absolute Gasteiger partial charge is 0.0525 e. The number of para-hydroxylation sites is 5. The van der Waals surface area contributed by atoms with Gasteiger partial charge in [-0.2, -0.15) is 0 Å².